The zero-order valence-corrected chi connectivity index (χ0v) is 18.9. The number of fused-ring (bicyclic) bond motifs is 1. The molecule has 1 aromatic heterocycles. The van der Waals surface area contributed by atoms with E-state index < -0.39 is 18.0 Å². The Morgan fingerprint density at radius 1 is 1.24 bits per heavy atom. The number of hydrogen-bond donors (Lipinski definition) is 1. The van der Waals surface area contributed by atoms with Crippen molar-refractivity contribution in [2.24, 2.45) is 10.7 Å². The fourth-order valence-electron chi connectivity index (χ4n) is 3.62. The van der Waals surface area contributed by atoms with Crippen molar-refractivity contribution in [3.05, 3.63) is 69.7 Å². The van der Waals surface area contributed by atoms with Crippen molar-refractivity contribution in [2.45, 2.75) is 19.9 Å². The molecule has 33 heavy (non-hydrogen) atoms. The van der Waals surface area contributed by atoms with Crippen molar-refractivity contribution < 1.29 is 23.5 Å². The second-order valence-electron chi connectivity index (χ2n) is 7.09. The van der Waals surface area contributed by atoms with Gasteiger partial charge in [0.15, 0.2) is 5.17 Å². The van der Waals surface area contributed by atoms with E-state index in [1.54, 1.807) is 55.1 Å². The van der Waals surface area contributed by atoms with Gasteiger partial charge >= 0.3 is 11.9 Å². The van der Waals surface area contributed by atoms with Gasteiger partial charge in [0, 0.05) is 5.56 Å². The Labute approximate surface area is 194 Å². The van der Waals surface area contributed by atoms with Gasteiger partial charge < -0.3 is 19.6 Å². The van der Waals surface area contributed by atoms with Gasteiger partial charge in [-0.25, -0.2) is 14.6 Å². The fourth-order valence-corrected chi connectivity index (χ4v) is 4.54. The molecule has 0 bridgehead atoms. The number of nitrogens with zero attached hydrogens (tertiary/aromatic N) is 3. The molecule has 9 nitrogen and oxygen atoms in total. The predicted octanol–water partition coefficient (Wildman–Crippen LogP) is 3.68. The van der Waals surface area contributed by atoms with Crippen LogP contribution < -0.4 is 5.73 Å². The SMILES string of the molecule is CCOC(=O)C1=C(C)N=C2SC(C#N)=C(N)N2[C@@H]1c1ccc(-c2ccc(C(=O)OC)cc2)o1. The number of benzene rings is 1. The molecule has 4 rings (SSSR count). The Morgan fingerprint density at radius 3 is 2.61 bits per heavy atom. The van der Waals surface area contributed by atoms with E-state index >= 15 is 0 Å². The van der Waals surface area contributed by atoms with E-state index in [-0.39, 0.29) is 18.0 Å². The minimum absolute atomic E-state index is 0.193. The van der Waals surface area contributed by atoms with Gasteiger partial charge in [0.05, 0.1) is 30.6 Å². The highest BCUT2D eigenvalue weighted by Crippen LogP contribution is 2.46. The third kappa shape index (κ3) is 3.87. The quantitative estimate of drug-likeness (QED) is 0.658. The van der Waals surface area contributed by atoms with Crippen LogP contribution in [0.15, 0.2) is 67.8 Å². The molecular weight excluding hydrogens is 444 g/mol. The topological polar surface area (TPSA) is 131 Å². The van der Waals surface area contributed by atoms with E-state index in [4.69, 9.17) is 19.6 Å². The molecule has 0 fully saturated rings. The van der Waals surface area contributed by atoms with Crippen molar-refractivity contribution in [1.82, 2.24) is 4.90 Å². The summed E-state index contributed by atoms with van der Waals surface area (Å²) in [6.07, 6.45) is 0. The van der Waals surface area contributed by atoms with Gasteiger partial charge in [-0.1, -0.05) is 12.1 Å². The van der Waals surface area contributed by atoms with Crippen molar-refractivity contribution in [3.63, 3.8) is 0 Å². The number of hydrogen-bond acceptors (Lipinski definition) is 10. The first-order valence-electron chi connectivity index (χ1n) is 10.0. The summed E-state index contributed by atoms with van der Waals surface area (Å²) in [7, 11) is 1.32. The maximum atomic E-state index is 12.9. The van der Waals surface area contributed by atoms with E-state index in [0.29, 0.717) is 32.9 Å². The molecule has 168 valence electrons. The number of furan rings is 1. The number of allylic oxidation sites excluding steroid dienone is 2. The highest BCUT2D eigenvalue weighted by molar-refractivity contribution is 8.17. The van der Waals surface area contributed by atoms with E-state index in [1.807, 2.05) is 0 Å². The summed E-state index contributed by atoms with van der Waals surface area (Å²) in [5, 5.41) is 9.93. The van der Waals surface area contributed by atoms with Gasteiger partial charge in [-0.05, 0) is 49.9 Å². The zero-order valence-electron chi connectivity index (χ0n) is 18.1. The van der Waals surface area contributed by atoms with Crippen LogP contribution in [-0.2, 0) is 14.3 Å². The van der Waals surface area contributed by atoms with Crippen molar-refractivity contribution in [2.75, 3.05) is 13.7 Å². The maximum absolute atomic E-state index is 12.9. The van der Waals surface area contributed by atoms with E-state index in [9.17, 15) is 14.9 Å². The second-order valence-corrected chi connectivity index (χ2v) is 8.06. The Bertz CT molecular complexity index is 1270. The third-order valence-electron chi connectivity index (χ3n) is 5.16. The van der Waals surface area contributed by atoms with Gasteiger partial charge in [0.2, 0.25) is 0 Å². The van der Waals surface area contributed by atoms with Crippen LogP contribution in [0.25, 0.3) is 11.3 Å². The smallest absolute Gasteiger partial charge is 0.338 e. The second kappa shape index (κ2) is 8.88. The lowest BCUT2D eigenvalue weighted by Crippen LogP contribution is -2.38. The number of esters is 2. The molecule has 0 aliphatic carbocycles. The number of nitrogens with two attached hydrogens (primary N) is 1. The molecule has 0 spiro atoms. The average Bonchev–Trinajstić information content (AvgIpc) is 3.42. The Kier molecular flexibility index (Phi) is 5.98. The highest BCUT2D eigenvalue weighted by atomic mass is 32.2. The van der Waals surface area contributed by atoms with E-state index in [1.165, 1.54) is 7.11 Å². The number of amidine groups is 1. The van der Waals surface area contributed by atoms with Crippen LogP contribution in [0.4, 0.5) is 0 Å². The van der Waals surface area contributed by atoms with Crippen LogP contribution in [0.5, 0.6) is 0 Å². The minimum atomic E-state index is -0.752. The summed E-state index contributed by atoms with van der Waals surface area (Å²) in [6.45, 7) is 3.62. The first-order chi connectivity index (χ1) is 15.9. The van der Waals surface area contributed by atoms with E-state index in [2.05, 4.69) is 11.1 Å². The van der Waals surface area contributed by atoms with Crippen LogP contribution in [0.2, 0.25) is 0 Å². The zero-order chi connectivity index (χ0) is 23.7. The lowest BCUT2D eigenvalue weighted by Gasteiger charge is -2.33. The third-order valence-corrected chi connectivity index (χ3v) is 6.14. The minimum Gasteiger partial charge on any atom is -0.465 e. The molecule has 3 heterocycles. The molecule has 0 saturated heterocycles. The molecule has 0 radical (unpaired) electrons. The molecule has 0 unspecified atom stereocenters. The van der Waals surface area contributed by atoms with Gasteiger partial charge in [-0.3, -0.25) is 4.90 Å². The highest BCUT2D eigenvalue weighted by Gasteiger charge is 2.44. The Hall–Kier alpha value is -3.97. The molecule has 2 aliphatic heterocycles. The Balaban J connectivity index is 1.77. The monoisotopic (exact) mass is 464 g/mol. The normalized spacial score (nSPS) is 17.5. The molecule has 0 saturated carbocycles. The summed E-state index contributed by atoms with van der Waals surface area (Å²) in [5.41, 5.74) is 8.14. The number of nitriles is 1. The molecule has 0 amide bonds. The van der Waals surface area contributed by atoms with Crippen molar-refractivity contribution in [1.29, 1.82) is 5.26 Å². The summed E-state index contributed by atoms with van der Waals surface area (Å²) in [5.74, 6) is 0.186. The summed E-state index contributed by atoms with van der Waals surface area (Å²) in [4.78, 5) is 30.9. The summed E-state index contributed by atoms with van der Waals surface area (Å²) >= 11 is 1.14. The molecule has 10 heteroatoms. The lowest BCUT2D eigenvalue weighted by molar-refractivity contribution is -0.139. The first-order valence-corrected chi connectivity index (χ1v) is 10.8. The number of rotatable bonds is 5. The predicted molar refractivity (Wildman–Crippen MR) is 121 cm³/mol. The van der Waals surface area contributed by atoms with Gasteiger partial charge in [0.1, 0.15) is 34.4 Å². The standard InChI is InChI=1S/C23H20N4O5S/c1-4-31-22(29)18-12(2)26-23-27(20(25)17(11-24)33-23)19(18)16-10-9-15(32-16)13-5-7-14(8-6-13)21(28)30-3/h5-10,19H,4,25H2,1-3H3/t19-/m1/s1. The number of carbonyl (C=O) groups excluding carboxylic acids is 2. The molecule has 1 aromatic carbocycles. The average molecular weight is 465 g/mol. The van der Waals surface area contributed by atoms with Gasteiger partial charge in [0.25, 0.3) is 0 Å². The van der Waals surface area contributed by atoms with Crippen LogP contribution >= 0.6 is 11.8 Å². The maximum Gasteiger partial charge on any atom is 0.338 e. The van der Waals surface area contributed by atoms with Crippen LogP contribution in [0.1, 0.15) is 36.0 Å². The molecule has 2 N–H and O–H groups in total. The molecule has 1 atom stereocenters. The number of methoxy groups -OCH3 is 1. The number of thioether (sulfide) groups is 1. The van der Waals surface area contributed by atoms with Crippen LogP contribution in [-0.4, -0.2) is 35.7 Å². The molecule has 2 aromatic rings. The van der Waals surface area contributed by atoms with E-state index in [0.717, 1.165) is 17.3 Å². The van der Waals surface area contributed by atoms with Gasteiger partial charge in [-0.15, -0.1) is 0 Å². The van der Waals surface area contributed by atoms with Crippen molar-refractivity contribution in [3.8, 4) is 17.4 Å². The van der Waals surface area contributed by atoms with Crippen molar-refractivity contribution >= 4 is 28.9 Å². The van der Waals surface area contributed by atoms with Gasteiger partial charge in [-0.2, -0.15) is 5.26 Å². The van der Waals surface area contributed by atoms with Crippen LogP contribution in [0, 0.1) is 11.3 Å². The molecular formula is C23H20N4O5S. The number of aliphatic imine (C=N–C) groups is 1. The lowest BCUT2D eigenvalue weighted by atomic mass is 10.00. The number of carbonyl (C=O) groups is 2. The molecule has 2 aliphatic rings. The van der Waals surface area contributed by atoms with Crippen LogP contribution in [0.3, 0.4) is 0 Å². The Morgan fingerprint density at radius 2 is 1.97 bits per heavy atom. The summed E-state index contributed by atoms with van der Waals surface area (Å²) in [6, 6.07) is 11.6. The fraction of sp³-hybridized carbons (Fsp3) is 0.217. The number of ether oxygens (including phenoxy) is 2. The summed E-state index contributed by atoms with van der Waals surface area (Å²) < 4.78 is 16.1. The largest absolute Gasteiger partial charge is 0.465 e. The first kappa shape index (κ1) is 22.2.